The van der Waals surface area contributed by atoms with Gasteiger partial charge in [-0.3, -0.25) is 0 Å². The Hall–Kier alpha value is 0.390. The average molecular weight is 282 g/mol. The number of hydrogen-bond acceptors (Lipinski definition) is 2. The fraction of sp³-hybridized carbons (Fsp3) is 1.00. The van der Waals surface area contributed by atoms with E-state index in [1.807, 2.05) is 0 Å². The van der Waals surface area contributed by atoms with Crippen LogP contribution in [0.1, 0.15) is 32.1 Å². The van der Waals surface area contributed by atoms with E-state index in [4.69, 9.17) is 0 Å². The maximum absolute atomic E-state index is 12.0. The fourth-order valence-corrected chi connectivity index (χ4v) is 4.54. The van der Waals surface area contributed by atoms with E-state index in [1.165, 1.54) is 6.42 Å². The zero-order valence-electron chi connectivity index (χ0n) is 8.15. The molecule has 0 aliphatic heterocycles. The summed E-state index contributed by atoms with van der Waals surface area (Å²) in [5.74, 6) is 0. The van der Waals surface area contributed by atoms with Gasteiger partial charge in [0.25, 0.3) is 0 Å². The van der Waals surface area contributed by atoms with Crippen LogP contribution in [0.2, 0.25) is 0 Å². The largest absolute Gasteiger partial charge is 0.217 e. The van der Waals surface area contributed by atoms with Crippen LogP contribution in [-0.4, -0.2) is 35.9 Å². The van der Waals surface area contributed by atoms with E-state index >= 15 is 0 Å². The summed E-state index contributed by atoms with van der Waals surface area (Å²) < 4.78 is 25.8. The summed E-state index contributed by atoms with van der Waals surface area (Å²) in [6.07, 6.45) is 5.03. The summed E-state index contributed by atoms with van der Waals surface area (Å²) >= 11 is 3.33. The zero-order valence-corrected chi connectivity index (χ0v) is 10.6. The van der Waals surface area contributed by atoms with Crippen LogP contribution in [-0.2, 0) is 10.0 Å². The minimum absolute atomic E-state index is 0.0536. The second kappa shape index (κ2) is 4.10. The van der Waals surface area contributed by atoms with E-state index in [2.05, 4.69) is 15.9 Å². The predicted octanol–water partition coefficient (Wildman–Crippen LogP) is 1.73. The normalized spacial score (nSPS) is 23.9. The third-order valence-corrected chi connectivity index (χ3v) is 5.86. The maximum atomic E-state index is 12.0. The second-order valence-corrected chi connectivity index (χ2v) is 7.09. The smallest absolute Gasteiger partial charge is 0.212 e. The summed E-state index contributed by atoms with van der Waals surface area (Å²) in [7, 11) is -2.95. The van der Waals surface area contributed by atoms with Crippen LogP contribution in [0.15, 0.2) is 0 Å². The lowest BCUT2D eigenvalue weighted by Crippen LogP contribution is -2.46. The van der Waals surface area contributed by atoms with Gasteiger partial charge in [-0.25, -0.2) is 8.42 Å². The molecule has 2 saturated carbocycles. The van der Waals surface area contributed by atoms with Crippen LogP contribution in [0.25, 0.3) is 0 Å². The van der Waals surface area contributed by atoms with E-state index in [0.717, 1.165) is 31.0 Å². The van der Waals surface area contributed by atoms with E-state index in [1.54, 1.807) is 4.31 Å². The number of halogens is 1. The van der Waals surface area contributed by atoms with E-state index in [-0.39, 0.29) is 5.25 Å². The highest BCUT2D eigenvalue weighted by Gasteiger charge is 2.43. The molecular weight excluding hydrogens is 266 g/mol. The Morgan fingerprint density at radius 1 is 1.21 bits per heavy atom. The number of alkyl halides is 1. The lowest BCUT2D eigenvalue weighted by molar-refractivity contribution is 0.228. The third-order valence-electron chi connectivity index (χ3n) is 3.06. The molecule has 0 atom stereocenters. The van der Waals surface area contributed by atoms with Crippen molar-refractivity contribution < 1.29 is 8.42 Å². The summed E-state index contributed by atoms with van der Waals surface area (Å²) in [6, 6.07) is 0.304. The van der Waals surface area contributed by atoms with Gasteiger partial charge in [0, 0.05) is 17.9 Å². The van der Waals surface area contributed by atoms with Gasteiger partial charge in [-0.05, 0) is 25.7 Å². The first-order chi connectivity index (χ1) is 6.66. The highest BCUT2D eigenvalue weighted by atomic mass is 79.9. The Labute approximate surface area is 94.0 Å². The topological polar surface area (TPSA) is 37.4 Å². The Morgan fingerprint density at radius 2 is 1.86 bits per heavy atom. The fourth-order valence-electron chi connectivity index (χ4n) is 1.83. The van der Waals surface area contributed by atoms with Crippen LogP contribution in [0.4, 0.5) is 0 Å². The number of rotatable bonds is 5. The molecule has 0 aromatic carbocycles. The lowest BCUT2D eigenvalue weighted by Gasteiger charge is -2.36. The van der Waals surface area contributed by atoms with Crippen LogP contribution in [0.5, 0.6) is 0 Å². The van der Waals surface area contributed by atoms with Gasteiger partial charge in [0.05, 0.1) is 5.25 Å². The van der Waals surface area contributed by atoms with Gasteiger partial charge in [0.2, 0.25) is 10.0 Å². The number of nitrogens with zero attached hydrogens (tertiary/aromatic N) is 1. The molecule has 0 bridgehead atoms. The zero-order chi connectivity index (χ0) is 10.2. The molecule has 0 heterocycles. The predicted molar refractivity (Wildman–Crippen MR) is 60.1 cm³/mol. The van der Waals surface area contributed by atoms with E-state index < -0.39 is 10.0 Å². The van der Waals surface area contributed by atoms with Crippen LogP contribution >= 0.6 is 15.9 Å². The maximum Gasteiger partial charge on any atom is 0.217 e. The highest BCUT2D eigenvalue weighted by Crippen LogP contribution is 2.35. The summed E-state index contributed by atoms with van der Waals surface area (Å²) in [5.41, 5.74) is 0. The van der Waals surface area contributed by atoms with Gasteiger partial charge in [-0.1, -0.05) is 22.4 Å². The van der Waals surface area contributed by atoms with Crippen molar-refractivity contribution in [3.63, 3.8) is 0 Å². The Bertz CT molecular complexity index is 296. The molecule has 0 radical (unpaired) electrons. The standard InChI is InChI=1S/C9H16BrNO2S/c10-6-7-11(8-2-1-3-8)14(12,13)9-4-5-9/h8-9H,1-7H2. The van der Waals surface area contributed by atoms with Gasteiger partial charge in [0.1, 0.15) is 0 Å². The van der Waals surface area contributed by atoms with Crippen molar-refractivity contribution in [3.8, 4) is 0 Å². The molecule has 3 nitrogen and oxygen atoms in total. The van der Waals surface area contributed by atoms with E-state index in [9.17, 15) is 8.42 Å². The first-order valence-electron chi connectivity index (χ1n) is 5.23. The van der Waals surface area contributed by atoms with Gasteiger partial charge in [-0.15, -0.1) is 0 Å². The van der Waals surface area contributed by atoms with Gasteiger partial charge < -0.3 is 0 Å². The minimum atomic E-state index is -2.95. The monoisotopic (exact) mass is 281 g/mol. The summed E-state index contributed by atoms with van der Waals surface area (Å²) in [5, 5.41) is 0.692. The van der Waals surface area contributed by atoms with Crippen molar-refractivity contribution in [2.75, 3.05) is 11.9 Å². The molecule has 0 aromatic rings. The second-order valence-electron chi connectivity index (χ2n) is 4.13. The van der Waals surface area contributed by atoms with Crippen molar-refractivity contribution in [2.24, 2.45) is 0 Å². The van der Waals surface area contributed by atoms with Crippen molar-refractivity contribution >= 4 is 26.0 Å². The molecule has 2 fully saturated rings. The molecule has 0 amide bonds. The molecule has 2 rings (SSSR count). The first-order valence-corrected chi connectivity index (χ1v) is 7.85. The lowest BCUT2D eigenvalue weighted by atomic mass is 9.93. The average Bonchev–Trinajstić information content (AvgIpc) is 2.82. The Balaban J connectivity index is 2.07. The molecule has 82 valence electrons. The molecule has 2 aliphatic rings. The summed E-state index contributed by atoms with van der Waals surface area (Å²) in [6.45, 7) is 0.642. The number of hydrogen-bond donors (Lipinski definition) is 0. The van der Waals surface area contributed by atoms with Crippen LogP contribution in [0, 0.1) is 0 Å². The Kier molecular flexibility index (Phi) is 3.19. The van der Waals surface area contributed by atoms with Crippen molar-refractivity contribution in [1.29, 1.82) is 0 Å². The molecule has 2 aliphatic carbocycles. The van der Waals surface area contributed by atoms with Gasteiger partial charge in [0.15, 0.2) is 0 Å². The number of sulfonamides is 1. The molecule has 14 heavy (non-hydrogen) atoms. The molecular formula is C9H16BrNO2S. The van der Waals surface area contributed by atoms with Gasteiger partial charge in [-0.2, -0.15) is 4.31 Å². The SMILES string of the molecule is O=S(=O)(C1CC1)N(CCBr)C1CCC1. The summed E-state index contributed by atoms with van der Waals surface area (Å²) in [4.78, 5) is 0. The van der Waals surface area contributed by atoms with Crippen molar-refractivity contribution in [3.05, 3.63) is 0 Å². The molecule has 0 unspecified atom stereocenters. The molecule has 0 aromatic heterocycles. The van der Waals surface area contributed by atoms with Gasteiger partial charge >= 0.3 is 0 Å². The third kappa shape index (κ3) is 1.99. The van der Waals surface area contributed by atoms with Crippen molar-refractivity contribution in [2.45, 2.75) is 43.4 Å². The Morgan fingerprint density at radius 3 is 2.21 bits per heavy atom. The van der Waals surface area contributed by atoms with Crippen molar-refractivity contribution in [1.82, 2.24) is 4.31 Å². The molecule has 5 heteroatoms. The molecule has 0 spiro atoms. The molecule has 0 N–H and O–H groups in total. The van der Waals surface area contributed by atoms with Crippen LogP contribution in [0.3, 0.4) is 0 Å². The first kappa shape index (κ1) is 10.9. The quantitative estimate of drug-likeness (QED) is 0.720. The van der Waals surface area contributed by atoms with Crippen LogP contribution < -0.4 is 0 Å². The highest BCUT2D eigenvalue weighted by molar-refractivity contribution is 9.09. The van der Waals surface area contributed by atoms with E-state index in [0.29, 0.717) is 12.6 Å². The minimum Gasteiger partial charge on any atom is -0.212 e. The molecule has 0 saturated heterocycles.